The maximum Gasteiger partial charge on any atom is 0.233 e. The van der Waals surface area contributed by atoms with Gasteiger partial charge in [-0.1, -0.05) is 37.1 Å². The zero-order chi connectivity index (χ0) is 18.8. The Bertz CT molecular complexity index is 721. The van der Waals surface area contributed by atoms with Crippen LogP contribution in [0.5, 0.6) is 0 Å². The van der Waals surface area contributed by atoms with Gasteiger partial charge in [0.1, 0.15) is 0 Å². The lowest BCUT2D eigenvalue weighted by molar-refractivity contribution is -0.140. The zero-order valence-corrected chi connectivity index (χ0v) is 15.8. The van der Waals surface area contributed by atoms with E-state index in [-0.39, 0.29) is 42.5 Å². The Hall–Kier alpha value is -2.17. The van der Waals surface area contributed by atoms with Crippen molar-refractivity contribution in [2.75, 3.05) is 13.1 Å². The number of aryl methyl sites for hydroxylation is 1. The summed E-state index contributed by atoms with van der Waals surface area (Å²) in [5, 5.41) is 3.02. The molecule has 5 nitrogen and oxygen atoms in total. The summed E-state index contributed by atoms with van der Waals surface area (Å²) in [5.41, 5.74) is 2.73. The largest absolute Gasteiger partial charge is 0.355 e. The molecule has 3 unspecified atom stereocenters. The molecule has 1 heterocycles. The number of carbonyl (C=O) groups is 3. The van der Waals surface area contributed by atoms with Crippen molar-refractivity contribution in [1.82, 2.24) is 10.2 Å². The lowest BCUT2D eigenvalue weighted by atomic mass is 9.81. The van der Waals surface area contributed by atoms with E-state index in [0.717, 1.165) is 44.9 Å². The molecule has 1 saturated heterocycles. The van der Waals surface area contributed by atoms with Gasteiger partial charge in [-0.05, 0) is 43.2 Å². The highest BCUT2D eigenvalue weighted by Crippen LogP contribution is 2.38. The number of rotatable bonds is 5. The molecule has 1 aromatic carbocycles. The van der Waals surface area contributed by atoms with Crippen molar-refractivity contribution < 1.29 is 14.4 Å². The summed E-state index contributed by atoms with van der Waals surface area (Å²) in [7, 11) is 0. The number of carbonyl (C=O) groups excluding carboxylic acids is 3. The van der Waals surface area contributed by atoms with Crippen LogP contribution in [0.1, 0.15) is 62.0 Å². The highest BCUT2D eigenvalue weighted by molar-refractivity contribution is 6.05. The summed E-state index contributed by atoms with van der Waals surface area (Å²) in [5.74, 6) is -0.0936. The normalized spacial score (nSPS) is 27.3. The molecular weight excluding hydrogens is 340 g/mol. The third kappa shape index (κ3) is 3.64. The van der Waals surface area contributed by atoms with Crippen LogP contribution in [0.4, 0.5) is 0 Å². The molecular formula is C22H28N2O3. The summed E-state index contributed by atoms with van der Waals surface area (Å²) in [6.45, 7) is 0.848. The van der Waals surface area contributed by atoms with Crippen molar-refractivity contribution in [3.8, 4) is 0 Å². The van der Waals surface area contributed by atoms with Gasteiger partial charge in [0.25, 0.3) is 0 Å². The molecule has 1 aromatic rings. The summed E-state index contributed by atoms with van der Waals surface area (Å²) >= 11 is 0. The van der Waals surface area contributed by atoms with Crippen LogP contribution in [0.2, 0.25) is 0 Å². The Morgan fingerprint density at radius 1 is 1.00 bits per heavy atom. The minimum atomic E-state index is -0.131. The van der Waals surface area contributed by atoms with Crippen molar-refractivity contribution in [2.24, 2.45) is 11.8 Å². The minimum Gasteiger partial charge on any atom is -0.355 e. The first-order valence-corrected chi connectivity index (χ1v) is 10.3. The summed E-state index contributed by atoms with van der Waals surface area (Å²) in [6, 6.07) is 8.46. The van der Waals surface area contributed by atoms with E-state index in [1.54, 1.807) is 0 Å². The third-order valence-corrected chi connectivity index (χ3v) is 6.53. The third-order valence-electron chi connectivity index (χ3n) is 6.53. The van der Waals surface area contributed by atoms with Crippen LogP contribution in [-0.2, 0) is 20.8 Å². The molecule has 5 heteroatoms. The fourth-order valence-corrected chi connectivity index (χ4v) is 5.06. The van der Waals surface area contributed by atoms with E-state index in [4.69, 9.17) is 0 Å². The number of hydrogen-bond donors (Lipinski definition) is 1. The van der Waals surface area contributed by atoms with Crippen molar-refractivity contribution in [3.63, 3.8) is 0 Å². The fraction of sp³-hybridized carbons (Fsp3) is 0.591. The molecule has 3 atom stereocenters. The molecule has 3 aliphatic rings. The average Bonchev–Trinajstić information content (AvgIpc) is 2.95. The SMILES string of the molecule is O=C(CCN1C(=O)C2CCCCC2C1=O)NCC1CCCc2ccccc21. The van der Waals surface area contributed by atoms with Crippen LogP contribution >= 0.6 is 0 Å². The first-order valence-electron chi connectivity index (χ1n) is 10.3. The zero-order valence-electron chi connectivity index (χ0n) is 15.8. The van der Waals surface area contributed by atoms with Crippen LogP contribution in [0.25, 0.3) is 0 Å². The van der Waals surface area contributed by atoms with Crippen molar-refractivity contribution >= 4 is 17.7 Å². The first-order chi connectivity index (χ1) is 13.1. The number of nitrogens with one attached hydrogen (secondary N) is 1. The predicted octanol–water partition coefficient (Wildman–Crippen LogP) is 2.79. The predicted molar refractivity (Wildman–Crippen MR) is 102 cm³/mol. The second kappa shape index (κ2) is 7.83. The van der Waals surface area contributed by atoms with Gasteiger partial charge in [-0.25, -0.2) is 0 Å². The molecule has 3 amide bonds. The fourth-order valence-electron chi connectivity index (χ4n) is 5.06. The van der Waals surface area contributed by atoms with Crippen molar-refractivity contribution in [1.29, 1.82) is 0 Å². The topological polar surface area (TPSA) is 66.5 Å². The van der Waals surface area contributed by atoms with Crippen LogP contribution in [0.3, 0.4) is 0 Å². The Morgan fingerprint density at radius 3 is 2.44 bits per heavy atom. The van der Waals surface area contributed by atoms with Crippen LogP contribution in [0.15, 0.2) is 24.3 Å². The summed E-state index contributed by atoms with van der Waals surface area (Å²) in [4.78, 5) is 38.6. The van der Waals surface area contributed by atoms with Gasteiger partial charge in [0.15, 0.2) is 0 Å². The van der Waals surface area contributed by atoms with Gasteiger partial charge >= 0.3 is 0 Å². The quantitative estimate of drug-likeness (QED) is 0.813. The number of amides is 3. The van der Waals surface area contributed by atoms with Gasteiger partial charge in [-0.2, -0.15) is 0 Å². The molecule has 2 aliphatic carbocycles. The number of imide groups is 1. The minimum absolute atomic E-state index is 0.0568. The summed E-state index contributed by atoms with van der Waals surface area (Å²) < 4.78 is 0. The lowest BCUT2D eigenvalue weighted by Crippen LogP contribution is -2.36. The highest BCUT2D eigenvalue weighted by Gasteiger charge is 2.47. The molecule has 1 saturated carbocycles. The lowest BCUT2D eigenvalue weighted by Gasteiger charge is -2.25. The molecule has 2 fully saturated rings. The molecule has 27 heavy (non-hydrogen) atoms. The van der Waals surface area contributed by atoms with Gasteiger partial charge in [-0.15, -0.1) is 0 Å². The highest BCUT2D eigenvalue weighted by atomic mass is 16.2. The van der Waals surface area contributed by atoms with Crippen molar-refractivity contribution in [2.45, 2.75) is 57.3 Å². The maximum absolute atomic E-state index is 12.5. The Labute approximate surface area is 160 Å². The number of fused-ring (bicyclic) bond motifs is 2. The molecule has 144 valence electrons. The standard InChI is InChI=1S/C22H28N2O3/c25-20(23-14-16-8-5-7-15-6-1-2-9-17(15)16)12-13-24-21(26)18-10-3-4-11-19(18)22(24)27/h1-2,6,9,16,18-19H,3-5,7-8,10-14H2,(H,23,25). The molecule has 0 radical (unpaired) electrons. The van der Waals surface area contributed by atoms with E-state index < -0.39 is 0 Å². The average molecular weight is 368 g/mol. The van der Waals surface area contributed by atoms with E-state index in [9.17, 15) is 14.4 Å². The second-order valence-corrected chi connectivity index (χ2v) is 8.17. The Balaban J connectivity index is 1.28. The second-order valence-electron chi connectivity index (χ2n) is 8.17. The monoisotopic (exact) mass is 368 g/mol. The van der Waals surface area contributed by atoms with Crippen LogP contribution < -0.4 is 5.32 Å². The number of likely N-dealkylation sites (tertiary alicyclic amines) is 1. The smallest absolute Gasteiger partial charge is 0.233 e. The molecule has 1 N–H and O–H groups in total. The number of hydrogen-bond acceptors (Lipinski definition) is 3. The van der Waals surface area contributed by atoms with Gasteiger partial charge in [0.05, 0.1) is 11.8 Å². The maximum atomic E-state index is 12.5. The van der Waals surface area contributed by atoms with Gasteiger partial charge in [0, 0.05) is 25.4 Å². The van der Waals surface area contributed by atoms with Crippen LogP contribution in [-0.4, -0.2) is 35.7 Å². The molecule has 0 spiro atoms. The van der Waals surface area contributed by atoms with Gasteiger partial charge < -0.3 is 5.32 Å². The van der Waals surface area contributed by atoms with Crippen LogP contribution in [0, 0.1) is 11.8 Å². The van der Waals surface area contributed by atoms with E-state index in [1.165, 1.54) is 16.0 Å². The van der Waals surface area contributed by atoms with Gasteiger partial charge in [0.2, 0.25) is 17.7 Å². The first kappa shape index (κ1) is 18.2. The number of nitrogens with zero attached hydrogens (tertiary/aromatic N) is 1. The van der Waals surface area contributed by atoms with E-state index in [0.29, 0.717) is 12.5 Å². The molecule has 0 aromatic heterocycles. The van der Waals surface area contributed by atoms with Gasteiger partial charge in [-0.3, -0.25) is 19.3 Å². The summed E-state index contributed by atoms with van der Waals surface area (Å²) in [6.07, 6.45) is 7.24. The Kier molecular flexibility index (Phi) is 5.28. The van der Waals surface area contributed by atoms with E-state index in [1.807, 2.05) is 0 Å². The molecule has 4 rings (SSSR count). The van der Waals surface area contributed by atoms with E-state index >= 15 is 0 Å². The molecule has 0 bridgehead atoms. The van der Waals surface area contributed by atoms with E-state index in [2.05, 4.69) is 29.6 Å². The number of benzene rings is 1. The van der Waals surface area contributed by atoms with Crippen molar-refractivity contribution in [3.05, 3.63) is 35.4 Å². The Morgan fingerprint density at radius 2 is 1.70 bits per heavy atom. The molecule has 1 aliphatic heterocycles.